The number of hydrogen-bond donors (Lipinski definition) is 2. The van der Waals surface area contributed by atoms with E-state index in [9.17, 15) is 35.5 Å². The van der Waals surface area contributed by atoms with Gasteiger partial charge in [-0.15, -0.1) is 0 Å². The molecule has 1 unspecified atom stereocenters. The monoisotopic (exact) mass is 507 g/mol. The SMILES string of the molecule is O=C(NC(Nc1ccc(Cl)cc1)C(F)(F)C(F)(F)C(F)(F)F)c1ccc(Br)cn1. The Bertz CT molecular complexity index is 860. The third kappa shape index (κ3) is 5.10. The normalized spacial score (nSPS) is 13.7. The predicted molar refractivity (Wildman–Crippen MR) is 94.2 cm³/mol. The standard InChI is InChI=1S/C16H10BrClF7N3O/c17-8-1-6-11(26-7-8)12(29)28-13(27-10-4-2-9(18)3-5-10)14(19,20)15(21,22)16(23,24)25/h1-7,13,27H,(H,28,29). The van der Waals surface area contributed by atoms with Gasteiger partial charge in [0, 0.05) is 21.4 Å². The number of amides is 1. The van der Waals surface area contributed by atoms with E-state index in [1.807, 2.05) is 0 Å². The summed E-state index contributed by atoms with van der Waals surface area (Å²) in [5.41, 5.74) is -0.775. The molecule has 4 nitrogen and oxygen atoms in total. The van der Waals surface area contributed by atoms with Crippen LogP contribution in [0.25, 0.3) is 0 Å². The number of hydrogen-bond acceptors (Lipinski definition) is 3. The highest BCUT2D eigenvalue weighted by atomic mass is 79.9. The van der Waals surface area contributed by atoms with Gasteiger partial charge in [0.15, 0.2) is 6.17 Å². The molecule has 0 radical (unpaired) electrons. The van der Waals surface area contributed by atoms with Gasteiger partial charge in [-0.3, -0.25) is 4.79 Å². The molecule has 0 aliphatic heterocycles. The zero-order valence-corrected chi connectivity index (χ0v) is 16.2. The Labute approximate surface area is 172 Å². The second kappa shape index (κ2) is 8.34. The van der Waals surface area contributed by atoms with Crippen molar-refractivity contribution in [2.75, 3.05) is 5.32 Å². The van der Waals surface area contributed by atoms with Gasteiger partial charge < -0.3 is 10.6 Å². The number of alkyl halides is 7. The smallest absolute Gasteiger partial charge is 0.360 e. The summed E-state index contributed by atoms with van der Waals surface area (Å²) in [5.74, 6) is -13.6. The number of rotatable bonds is 6. The molecular weight excluding hydrogens is 499 g/mol. The van der Waals surface area contributed by atoms with E-state index < -0.39 is 35.8 Å². The molecule has 29 heavy (non-hydrogen) atoms. The van der Waals surface area contributed by atoms with Crippen LogP contribution in [-0.4, -0.2) is 35.1 Å². The van der Waals surface area contributed by atoms with Crippen LogP contribution >= 0.6 is 27.5 Å². The Balaban J connectivity index is 2.40. The number of carbonyl (C=O) groups excluding carboxylic acids is 1. The van der Waals surface area contributed by atoms with Gasteiger partial charge in [0.1, 0.15) is 5.69 Å². The van der Waals surface area contributed by atoms with E-state index in [-0.39, 0.29) is 10.7 Å². The fourth-order valence-electron chi connectivity index (χ4n) is 2.02. The molecule has 1 aromatic heterocycles. The molecule has 2 aromatic rings. The van der Waals surface area contributed by atoms with E-state index in [1.54, 1.807) is 5.32 Å². The van der Waals surface area contributed by atoms with Crippen molar-refractivity contribution >= 4 is 39.1 Å². The van der Waals surface area contributed by atoms with E-state index in [0.717, 1.165) is 24.4 Å². The van der Waals surface area contributed by atoms with Crippen LogP contribution in [0.1, 0.15) is 10.5 Å². The van der Waals surface area contributed by atoms with Crippen LogP contribution in [0.3, 0.4) is 0 Å². The van der Waals surface area contributed by atoms with E-state index in [0.29, 0.717) is 4.47 Å². The maximum absolute atomic E-state index is 14.3. The molecule has 0 saturated heterocycles. The highest BCUT2D eigenvalue weighted by Gasteiger charge is 2.75. The lowest BCUT2D eigenvalue weighted by atomic mass is 10.1. The van der Waals surface area contributed by atoms with E-state index in [1.165, 1.54) is 23.5 Å². The lowest BCUT2D eigenvalue weighted by molar-refractivity contribution is -0.358. The first-order chi connectivity index (χ1) is 13.3. The first kappa shape index (κ1) is 23.2. The minimum Gasteiger partial charge on any atom is -0.360 e. The fraction of sp³-hybridized carbons (Fsp3) is 0.250. The topological polar surface area (TPSA) is 54.0 Å². The zero-order chi connectivity index (χ0) is 22.0. The Morgan fingerprint density at radius 1 is 1.00 bits per heavy atom. The minimum atomic E-state index is -6.57. The first-order valence-electron chi connectivity index (χ1n) is 7.52. The summed E-state index contributed by atoms with van der Waals surface area (Å²) in [5, 5.41) is 3.38. The van der Waals surface area contributed by atoms with Gasteiger partial charge in [-0.1, -0.05) is 11.6 Å². The largest absolute Gasteiger partial charge is 0.460 e. The number of nitrogens with zero attached hydrogens (tertiary/aromatic N) is 1. The molecule has 158 valence electrons. The van der Waals surface area contributed by atoms with E-state index in [2.05, 4.69) is 20.9 Å². The molecule has 0 aliphatic rings. The van der Waals surface area contributed by atoms with Gasteiger partial charge >= 0.3 is 18.0 Å². The molecule has 1 amide bonds. The Hall–Kier alpha value is -2.08. The average molecular weight is 509 g/mol. The van der Waals surface area contributed by atoms with Crippen LogP contribution in [0.15, 0.2) is 47.1 Å². The van der Waals surface area contributed by atoms with Gasteiger partial charge in [-0.05, 0) is 52.3 Å². The van der Waals surface area contributed by atoms with Gasteiger partial charge in [0.25, 0.3) is 5.91 Å². The summed E-state index contributed by atoms with van der Waals surface area (Å²) in [4.78, 5) is 15.7. The maximum atomic E-state index is 14.3. The molecule has 1 atom stereocenters. The third-order valence-corrected chi connectivity index (χ3v) is 4.25. The molecular formula is C16H10BrClF7N3O. The molecule has 0 aliphatic carbocycles. The zero-order valence-electron chi connectivity index (χ0n) is 13.9. The van der Waals surface area contributed by atoms with E-state index >= 15 is 0 Å². The first-order valence-corrected chi connectivity index (χ1v) is 8.69. The summed E-state index contributed by atoms with van der Waals surface area (Å²) in [7, 11) is 0. The van der Waals surface area contributed by atoms with Crippen LogP contribution in [-0.2, 0) is 0 Å². The van der Waals surface area contributed by atoms with Crippen molar-refractivity contribution in [2.24, 2.45) is 0 Å². The molecule has 2 N–H and O–H groups in total. The maximum Gasteiger partial charge on any atom is 0.460 e. The quantitative estimate of drug-likeness (QED) is 0.400. The molecule has 2 rings (SSSR count). The molecule has 0 bridgehead atoms. The van der Waals surface area contributed by atoms with Gasteiger partial charge in [-0.25, -0.2) is 4.98 Å². The number of pyridine rings is 1. The van der Waals surface area contributed by atoms with E-state index in [4.69, 9.17) is 11.6 Å². The van der Waals surface area contributed by atoms with Gasteiger partial charge in [0.05, 0.1) is 0 Å². The molecule has 1 aromatic carbocycles. The Morgan fingerprint density at radius 2 is 1.59 bits per heavy atom. The summed E-state index contributed by atoms with van der Waals surface area (Å²) >= 11 is 8.63. The predicted octanol–water partition coefficient (Wildman–Crippen LogP) is 5.50. The van der Waals surface area contributed by atoms with Crippen molar-refractivity contribution in [1.29, 1.82) is 0 Å². The lowest BCUT2D eigenvalue weighted by Gasteiger charge is -2.35. The molecule has 1 heterocycles. The van der Waals surface area contributed by atoms with Crippen LogP contribution in [0.2, 0.25) is 5.02 Å². The minimum absolute atomic E-state index is 0.155. The number of carbonyl (C=O) groups is 1. The van der Waals surface area contributed by atoms with Crippen LogP contribution in [0.5, 0.6) is 0 Å². The summed E-state index contributed by atoms with van der Waals surface area (Å²) in [6, 6.07) is 6.82. The number of halogens is 9. The summed E-state index contributed by atoms with van der Waals surface area (Å²) < 4.78 is 93.7. The van der Waals surface area contributed by atoms with Crippen molar-refractivity contribution in [3.63, 3.8) is 0 Å². The lowest BCUT2D eigenvalue weighted by Crippen LogP contribution is -2.64. The highest BCUT2D eigenvalue weighted by Crippen LogP contribution is 2.48. The Kier molecular flexibility index (Phi) is 6.68. The number of benzene rings is 1. The second-order valence-corrected chi connectivity index (χ2v) is 6.97. The van der Waals surface area contributed by atoms with Crippen LogP contribution in [0.4, 0.5) is 36.4 Å². The van der Waals surface area contributed by atoms with Crippen LogP contribution < -0.4 is 10.6 Å². The van der Waals surface area contributed by atoms with Crippen molar-refractivity contribution in [3.05, 3.63) is 57.8 Å². The van der Waals surface area contributed by atoms with Gasteiger partial charge in [0.2, 0.25) is 0 Å². The van der Waals surface area contributed by atoms with Crippen molar-refractivity contribution in [1.82, 2.24) is 10.3 Å². The number of nitrogens with one attached hydrogen (secondary N) is 2. The third-order valence-electron chi connectivity index (χ3n) is 3.53. The van der Waals surface area contributed by atoms with Crippen molar-refractivity contribution < 1.29 is 35.5 Å². The molecule has 0 saturated carbocycles. The fourth-order valence-corrected chi connectivity index (χ4v) is 2.38. The molecule has 13 heteroatoms. The summed E-state index contributed by atoms with van der Waals surface area (Å²) in [6.45, 7) is 0. The number of aromatic nitrogens is 1. The second-order valence-electron chi connectivity index (χ2n) is 5.61. The summed E-state index contributed by atoms with van der Waals surface area (Å²) in [6.07, 6.45) is -8.60. The Morgan fingerprint density at radius 3 is 2.07 bits per heavy atom. The van der Waals surface area contributed by atoms with Crippen LogP contribution in [0, 0.1) is 0 Å². The number of anilines is 1. The molecule has 0 fully saturated rings. The van der Waals surface area contributed by atoms with Gasteiger partial charge in [-0.2, -0.15) is 30.7 Å². The van der Waals surface area contributed by atoms with Crippen molar-refractivity contribution in [2.45, 2.75) is 24.2 Å². The highest BCUT2D eigenvalue weighted by molar-refractivity contribution is 9.10. The molecule has 0 spiro atoms. The average Bonchev–Trinajstić information content (AvgIpc) is 2.62. The van der Waals surface area contributed by atoms with Crippen molar-refractivity contribution in [3.8, 4) is 0 Å².